The topological polar surface area (TPSA) is 58.1 Å². The zero-order valence-corrected chi connectivity index (χ0v) is 8.82. The molecule has 4 nitrogen and oxygen atoms in total. The van der Waals surface area contributed by atoms with E-state index in [0.717, 1.165) is 16.8 Å². The van der Waals surface area contributed by atoms with Gasteiger partial charge in [0.05, 0.1) is 17.1 Å². The monoisotopic (exact) mass is 206 g/mol. The zero-order chi connectivity index (χ0) is 10.8. The number of nitrogens with zero attached hydrogens (tertiary/aromatic N) is 1. The maximum absolute atomic E-state index is 8.93. The van der Waals surface area contributed by atoms with Crippen LogP contribution in [0.4, 0.5) is 0 Å². The van der Waals surface area contributed by atoms with Gasteiger partial charge in [-0.3, -0.25) is 0 Å². The van der Waals surface area contributed by atoms with Crippen molar-refractivity contribution in [2.24, 2.45) is 0 Å². The van der Waals surface area contributed by atoms with Crippen LogP contribution in [0.3, 0.4) is 0 Å². The second-order valence-electron chi connectivity index (χ2n) is 3.69. The van der Waals surface area contributed by atoms with E-state index in [2.05, 4.69) is 9.97 Å². The van der Waals surface area contributed by atoms with E-state index in [1.165, 1.54) is 0 Å². The molecule has 1 aromatic carbocycles. The number of hydrogen-bond acceptors (Lipinski definition) is 3. The van der Waals surface area contributed by atoms with Gasteiger partial charge in [-0.05, 0) is 26.0 Å². The van der Waals surface area contributed by atoms with E-state index < -0.39 is 0 Å². The molecule has 0 bridgehead atoms. The van der Waals surface area contributed by atoms with E-state index in [0.29, 0.717) is 5.82 Å². The Kier molecular flexibility index (Phi) is 2.60. The summed E-state index contributed by atoms with van der Waals surface area (Å²) < 4.78 is 5.55. The zero-order valence-electron chi connectivity index (χ0n) is 8.82. The average molecular weight is 206 g/mol. The van der Waals surface area contributed by atoms with Crippen LogP contribution in [0, 0.1) is 0 Å². The molecule has 4 heteroatoms. The summed E-state index contributed by atoms with van der Waals surface area (Å²) in [7, 11) is 0. The number of imidazole rings is 1. The molecule has 2 N–H and O–H groups in total. The van der Waals surface area contributed by atoms with E-state index in [1.54, 1.807) is 0 Å². The highest BCUT2D eigenvalue weighted by Crippen LogP contribution is 2.19. The second kappa shape index (κ2) is 3.90. The second-order valence-corrected chi connectivity index (χ2v) is 3.69. The Bertz CT molecular complexity index is 463. The molecule has 0 aliphatic rings. The number of aliphatic hydroxyl groups excluding tert-OH is 1. The van der Waals surface area contributed by atoms with Crippen LogP contribution in [0.2, 0.25) is 0 Å². The van der Waals surface area contributed by atoms with Crippen molar-refractivity contribution in [3.63, 3.8) is 0 Å². The molecule has 0 aliphatic carbocycles. The summed E-state index contributed by atoms with van der Waals surface area (Å²) in [5.41, 5.74) is 1.73. The molecule has 0 amide bonds. The van der Waals surface area contributed by atoms with Gasteiger partial charge in [0.15, 0.2) is 0 Å². The van der Waals surface area contributed by atoms with E-state index in [9.17, 15) is 0 Å². The van der Waals surface area contributed by atoms with Crippen molar-refractivity contribution in [3.05, 3.63) is 24.0 Å². The van der Waals surface area contributed by atoms with Gasteiger partial charge < -0.3 is 14.8 Å². The molecule has 0 saturated carbocycles. The standard InChI is InChI=1S/C11H14N2O2/c1-7(2)15-8-3-4-9-10(5-8)13-11(6-14)12-9/h3-5,7,14H,6H2,1-2H3,(H,12,13). The van der Waals surface area contributed by atoms with Crippen LogP contribution >= 0.6 is 0 Å². The minimum absolute atomic E-state index is 0.0744. The number of benzene rings is 1. The highest BCUT2D eigenvalue weighted by Gasteiger charge is 2.04. The maximum atomic E-state index is 8.93. The highest BCUT2D eigenvalue weighted by molar-refractivity contribution is 5.76. The molecular formula is C11H14N2O2. The number of H-pyrrole nitrogens is 1. The number of hydrogen-bond donors (Lipinski definition) is 2. The van der Waals surface area contributed by atoms with Crippen LogP contribution in [0.25, 0.3) is 11.0 Å². The molecule has 0 spiro atoms. The summed E-state index contributed by atoms with van der Waals surface area (Å²) in [6.45, 7) is 3.89. The highest BCUT2D eigenvalue weighted by atomic mass is 16.5. The fourth-order valence-electron chi connectivity index (χ4n) is 1.46. The molecule has 2 rings (SSSR count). The third kappa shape index (κ3) is 2.10. The van der Waals surface area contributed by atoms with Crippen LogP contribution in [-0.2, 0) is 6.61 Å². The molecule has 80 valence electrons. The smallest absolute Gasteiger partial charge is 0.133 e. The number of fused-ring (bicyclic) bond motifs is 1. The number of aliphatic hydroxyl groups is 1. The first kappa shape index (κ1) is 9.98. The minimum atomic E-state index is -0.0744. The summed E-state index contributed by atoms with van der Waals surface area (Å²) in [4.78, 5) is 7.21. The van der Waals surface area contributed by atoms with Crippen molar-refractivity contribution in [1.82, 2.24) is 9.97 Å². The van der Waals surface area contributed by atoms with E-state index >= 15 is 0 Å². The quantitative estimate of drug-likeness (QED) is 0.805. The third-order valence-electron chi connectivity index (χ3n) is 2.02. The minimum Gasteiger partial charge on any atom is -0.491 e. The van der Waals surface area contributed by atoms with Crippen molar-refractivity contribution in [2.75, 3.05) is 0 Å². The lowest BCUT2D eigenvalue weighted by Crippen LogP contribution is -2.05. The molecule has 0 aliphatic heterocycles. The van der Waals surface area contributed by atoms with Crippen LogP contribution < -0.4 is 4.74 Å². The van der Waals surface area contributed by atoms with Gasteiger partial charge in [-0.15, -0.1) is 0 Å². The molecule has 1 aromatic heterocycles. The van der Waals surface area contributed by atoms with E-state index in [4.69, 9.17) is 9.84 Å². The predicted molar refractivity (Wildman–Crippen MR) is 57.8 cm³/mol. The molecule has 0 radical (unpaired) electrons. The first-order valence-electron chi connectivity index (χ1n) is 4.95. The van der Waals surface area contributed by atoms with Crippen molar-refractivity contribution < 1.29 is 9.84 Å². The van der Waals surface area contributed by atoms with Crippen molar-refractivity contribution in [3.8, 4) is 5.75 Å². The normalized spacial score (nSPS) is 11.2. The van der Waals surface area contributed by atoms with Crippen molar-refractivity contribution in [1.29, 1.82) is 0 Å². The van der Waals surface area contributed by atoms with Crippen molar-refractivity contribution >= 4 is 11.0 Å². The van der Waals surface area contributed by atoms with Crippen molar-refractivity contribution in [2.45, 2.75) is 26.6 Å². The van der Waals surface area contributed by atoms with Gasteiger partial charge in [0.2, 0.25) is 0 Å². The molecular weight excluding hydrogens is 192 g/mol. The first-order valence-corrected chi connectivity index (χ1v) is 4.95. The molecule has 0 saturated heterocycles. The SMILES string of the molecule is CC(C)Oc1ccc2nc(CO)[nH]c2c1. The Labute approximate surface area is 87.9 Å². The Morgan fingerprint density at radius 2 is 2.27 bits per heavy atom. The first-order chi connectivity index (χ1) is 7.19. The van der Waals surface area contributed by atoms with Crippen LogP contribution in [0.1, 0.15) is 19.7 Å². The van der Waals surface area contributed by atoms with E-state index in [1.807, 2.05) is 32.0 Å². The molecule has 0 unspecified atom stereocenters. The van der Waals surface area contributed by atoms with Crippen LogP contribution in [-0.4, -0.2) is 21.2 Å². The van der Waals surface area contributed by atoms with Gasteiger partial charge >= 0.3 is 0 Å². The van der Waals surface area contributed by atoms with Gasteiger partial charge in [-0.2, -0.15) is 0 Å². The van der Waals surface area contributed by atoms with Crippen LogP contribution in [0.5, 0.6) is 5.75 Å². The molecule has 2 aromatic rings. The largest absolute Gasteiger partial charge is 0.491 e. The molecule has 15 heavy (non-hydrogen) atoms. The Morgan fingerprint density at radius 1 is 1.47 bits per heavy atom. The summed E-state index contributed by atoms with van der Waals surface area (Å²) in [6.07, 6.45) is 0.155. The summed E-state index contributed by atoms with van der Waals surface area (Å²) in [5, 5.41) is 8.93. The fourth-order valence-corrected chi connectivity index (χ4v) is 1.46. The number of aromatic amines is 1. The lowest BCUT2D eigenvalue weighted by Gasteiger charge is -2.08. The fraction of sp³-hybridized carbons (Fsp3) is 0.364. The van der Waals surface area contributed by atoms with Gasteiger partial charge in [0, 0.05) is 6.07 Å². The van der Waals surface area contributed by atoms with Gasteiger partial charge in [-0.1, -0.05) is 0 Å². The maximum Gasteiger partial charge on any atom is 0.133 e. The van der Waals surface area contributed by atoms with Crippen LogP contribution in [0.15, 0.2) is 18.2 Å². The Hall–Kier alpha value is -1.55. The number of aromatic nitrogens is 2. The number of rotatable bonds is 3. The molecule has 0 fully saturated rings. The molecule has 1 heterocycles. The number of nitrogens with one attached hydrogen (secondary N) is 1. The Balaban J connectivity index is 2.37. The molecule has 0 atom stereocenters. The predicted octanol–water partition coefficient (Wildman–Crippen LogP) is 1.84. The summed E-state index contributed by atoms with van der Waals surface area (Å²) in [5.74, 6) is 1.39. The van der Waals surface area contributed by atoms with E-state index in [-0.39, 0.29) is 12.7 Å². The Morgan fingerprint density at radius 3 is 2.93 bits per heavy atom. The summed E-state index contributed by atoms with van der Waals surface area (Å²) >= 11 is 0. The van der Waals surface area contributed by atoms with Gasteiger partial charge in [0.1, 0.15) is 18.2 Å². The lowest BCUT2D eigenvalue weighted by molar-refractivity contribution is 0.242. The van der Waals surface area contributed by atoms with Gasteiger partial charge in [-0.25, -0.2) is 4.98 Å². The number of ether oxygens (including phenoxy) is 1. The summed E-state index contributed by atoms with van der Waals surface area (Å²) in [6, 6.07) is 5.65. The third-order valence-corrected chi connectivity index (χ3v) is 2.02. The average Bonchev–Trinajstić information content (AvgIpc) is 2.58. The van der Waals surface area contributed by atoms with Gasteiger partial charge in [0.25, 0.3) is 0 Å². The lowest BCUT2D eigenvalue weighted by atomic mass is 10.3.